The highest BCUT2D eigenvalue weighted by Crippen LogP contribution is 2.32. The number of carbonyl (C=O) groups excluding carboxylic acids is 1. The van der Waals surface area contributed by atoms with Crippen LogP contribution in [0.15, 0.2) is 83.3 Å². The maximum absolute atomic E-state index is 14.6. The van der Waals surface area contributed by atoms with Crippen molar-refractivity contribution in [1.82, 2.24) is 14.8 Å². The molecule has 1 aromatic heterocycles. The molecule has 204 valence electrons. The number of amidine groups is 1. The van der Waals surface area contributed by atoms with E-state index in [1.807, 2.05) is 6.92 Å². The summed E-state index contributed by atoms with van der Waals surface area (Å²) in [5.41, 5.74) is 2.83. The number of halogens is 4. The molecule has 0 spiro atoms. The molecule has 1 saturated heterocycles. The molecule has 5 rings (SSSR count). The van der Waals surface area contributed by atoms with Crippen LogP contribution in [0.4, 0.5) is 23.2 Å². The number of para-hydroxylation sites is 1. The van der Waals surface area contributed by atoms with E-state index in [4.69, 9.17) is 0 Å². The van der Waals surface area contributed by atoms with Crippen LogP contribution in [0.25, 0.3) is 17.1 Å². The second-order valence-corrected chi connectivity index (χ2v) is 9.37. The van der Waals surface area contributed by atoms with Crippen LogP contribution < -0.4 is 9.64 Å². The second-order valence-electron chi connectivity index (χ2n) is 8.42. The van der Waals surface area contributed by atoms with Gasteiger partial charge in [-0.15, -0.1) is 23.4 Å². The van der Waals surface area contributed by atoms with Crippen LogP contribution in [-0.4, -0.2) is 44.2 Å². The second kappa shape index (κ2) is 11.3. The fourth-order valence-corrected chi connectivity index (χ4v) is 4.74. The summed E-state index contributed by atoms with van der Waals surface area (Å²) in [5.74, 6) is -0.534. The smallest absolute Gasteiger partial charge is 0.406 e. The first-order valence-electron chi connectivity index (χ1n) is 11.9. The quantitative estimate of drug-likeness (QED) is 0.155. The average Bonchev–Trinajstić information content (AvgIpc) is 3.56. The van der Waals surface area contributed by atoms with Crippen molar-refractivity contribution in [2.24, 2.45) is 10.2 Å². The van der Waals surface area contributed by atoms with Gasteiger partial charge in [0.1, 0.15) is 17.9 Å². The Kier molecular flexibility index (Phi) is 7.65. The standard InChI is InChI=1S/C27H20F4N6O2S/c1-2-18-4-3-5-22(28)24(18)37-23(38)15-40-26(37)34-33-14-17-6-8-19(9-7-17)25-32-16-36(35-25)20-10-12-21(13-11-20)39-27(29,30)31/h3-14,16H,2,15H2,1H3/b33-14+,34-26-. The highest BCUT2D eigenvalue weighted by Gasteiger charge is 2.33. The molecule has 1 amide bonds. The Bertz CT molecular complexity index is 1580. The number of hydrogen-bond donors (Lipinski definition) is 0. The Hall–Kier alpha value is -4.52. The molecule has 1 aliphatic heterocycles. The van der Waals surface area contributed by atoms with Crippen molar-refractivity contribution < 1.29 is 27.1 Å². The molecule has 0 atom stereocenters. The molecular formula is C27H20F4N6O2S. The summed E-state index contributed by atoms with van der Waals surface area (Å²) in [6, 6.07) is 17.1. The van der Waals surface area contributed by atoms with E-state index in [0.717, 1.165) is 0 Å². The van der Waals surface area contributed by atoms with Crippen molar-refractivity contribution in [2.75, 3.05) is 10.7 Å². The number of nitrogens with zero attached hydrogens (tertiary/aromatic N) is 6. The van der Waals surface area contributed by atoms with Gasteiger partial charge >= 0.3 is 6.36 Å². The maximum Gasteiger partial charge on any atom is 0.573 e. The normalized spacial score (nSPS) is 15.0. The number of benzene rings is 3. The van der Waals surface area contributed by atoms with Crippen molar-refractivity contribution >= 4 is 34.7 Å². The lowest BCUT2D eigenvalue weighted by Crippen LogP contribution is -2.31. The number of thioether (sulfide) groups is 1. The number of hydrogen-bond acceptors (Lipinski definition) is 7. The molecule has 0 unspecified atom stereocenters. The zero-order valence-corrected chi connectivity index (χ0v) is 21.7. The fraction of sp³-hybridized carbons (Fsp3) is 0.148. The van der Waals surface area contributed by atoms with Crippen LogP contribution in [0.2, 0.25) is 0 Å². The summed E-state index contributed by atoms with van der Waals surface area (Å²) >= 11 is 1.19. The van der Waals surface area contributed by atoms with Gasteiger partial charge in [0.15, 0.2) is 11.0 Å². The zero-order valence-electron chi connectivity index (χ0n) is 20.8. The Morgan fingerprint density at radius 2 is 1.82 bits per heavy atom. The van der Waals surface area contributed by atoms with Gasteiger partial charge in [-0.25, -0.2) is 14.1 Å². The van der Waals surface area contributed by atoms with Crippen LogP contribution >= 0.6 is 11.8 Å². The molecular weight excluding hydrogens is 548 g/mol. The minimum atomic E-state index is -4.76. The molecule has 40 heavy (non-hydrogen) atoms. The van der Waals surface area contributed by atoms with E-state index in [2.05, 4.69) is 25.0 Å². The number of carbonyl (C=O) groups is 1. The predicted molar refractivity (Wildman–Crippen MR) is 144 cm³/mol. The zero-order chi connectivity index (χ0) is 28.3. The average molecular weight is 569 g/mol. The molecule has 0 aliphatic carbocycles. The monoisotopic (exact) mass is 568 g/mol. The summed E-state index contributed by atoms with van der Waals surface area (Å²) in [7, 11) is 0. The molecule has 2 heterocycles. The first-order valence-corrected chi connectivity index (χ1v) is 12.9. The van der Waals surface area contributed by atoms with E-state index in [-0.39, 0.29) is 23.1 Å². The lowest BCUT2D eigenvalue weighted by atomic mass is 10.1. The molecule has 4 aromatic rings. The first kappa shape index (κ1) is 27.1. The molecule has 0 radical (unpaired) electrons. The molecule has 8 nitrogen and oxygen atoms in total. The van der Waals surface area contributed by atoms with E-state index in [0.29, 0.717) is 39.8 Å². The van der Waals surface area contributed by atoms with Crippen molar-refractivity contribution in [3.8, 4) is 22.8 Å². The molecule has 1 aliphatic rings. The third-order valence-electron chi connectivity index (χ3n) is 5.79. The Morgan fingerprint density at radius 1 is 1.07 bits per heavy atom. The minimum Gasteiger partial charge on any atom is -0.406 e. The number of anilines is 1. The number of aromatic nitrogens is 3. The summed E-state index contributed by atoms with van der Waals surface area (Å²) in [6.45, 7) is 1.89. The van der Waals surface area contributed by atoms with Gasteiger partial charge in [-0.1, -0.05) is 55.1 Å². The lowest BCUT2D eigenvalue weighted by molar-refractivity contribution is -0.274. The van der Waals surface area contributed by atoms with E-state index in [1.54, 1.807) is 36.4 Å². The van der Waals surface area contributed by atoms with Gasteiger partial charge in [0.05, 0.1) is 23.3 Å². The van der Waals surface area contributed by atoms with E-state index >= 15 is 0 Å². The van der Waals surface area contributed by atoms with Gasteiger partial charge in [-0.05, 0) is 47.9 Å². The predicted octanol–water partition coefficient (Wildman–Crippen LogP) is 6.00. The molecule has 13 heteroatoms. The van der Waals surface area contributed by atoms with Gasteiger partial charge in [0, 0.05) is 5.56 Å². The van der Waals surface area contributed by atoms with Gasteiger partial charge in [-0.3, -0.25) is 9.69 Å². The number of rotatable bonds is 7. The summed E-state index contributed by atoms with van der Waals surface area (Å²) in [6.07, 6.45) is -1.25. The van der Waals surface area contributed by atoms with Crippen molar-refractivity contribution in [3.63, 3.8) is 0 Å². The highest BCUT2D eigenvalue weighted by molar-refractivity contribution is 8.15. The van der Waals surface area contributed by atoms with Crippen LogP contribution in [0, 0.1) is 5.82 Å². The van der Waals surface area contributed by atoms with Gasteiger partial charge < -0.3 is 4.74 Å². The van der Waals surface area contributed by atoms with Gasteiger partial charge in [0.25, 0.3) is 0 Å². The number of ether oxygens (including phenoxy) is 1. The summed E-state index contributed by atoms with van der Waals surface area (Å²) in [4.78, 5) is 18.1. The van der Waals surface area contributed by atoms with Crippen LogP contribution in [-0.2, 0) is 11.2 Å². The van der Waals surface area contributed by atoms with Crippen LogP contribution in [0.3, 0.4) is 0 Å². The fourth-order valence-electron chi connectivity index (χ4n) is 3.94. The summed E-state index contributed by atoms with van der Waals surface area (Å²) < 4.78 is 57.0. The number of aryl methyl sites for hydroxylation is 1. The van der Waals surface area contributed by atoms with Crippen molar-refractivity contribution in [1.29, 1.82) is 0 Å². The summed E-state index contributed by atoms with van der Waals surface area (Å²) in [5, 5.41) is 13.0. The third-order valence-corrected chi connectivity index (χ3v) is 6.70. The lowest BCUT2D eigenvalue weighted by Gasteiger charge is -2.19. The molecule has 0 saturated carbocycles. The maximum atomic E-state index is 14.6. The largest absolute Gasteiger partial charge is 0.573 e. The Balaban J connectivity index is 1.28. The van der Waals surface area contributed by atoms with Gasteiger partial charge in [-0.2, -0.15) is 5.10 Å². The number of amides is 1. The minimum absolute atomic E-state index is 0.145. The SMILES string of the molecule is CCc1cccc(F)c1N1C(=O)CS/C1=N\N=C\c1ccc(-c2ncn(-c3ccc(OC(F)(F)F)cc3)n2)cc1. The van der Waals surface area contributed by atoms with Crippen LogP contribution in [0.5, 0.6) is 5.75 Å². The first-order chi connectivity index (χ1) is 19.2. The molecule has 3 aromatic carbocycles. The molecule has 0 N–H and O–H groups in total. The Labute approximate surface area is 230 Å². The van der Waals surface area contributed by atoms with Gasteiger partial charge in [0.2, 0.25) is 5.91 Å². The molecule has 0 bridgehead atoms. The Morgan fingerprint density at radius 3 is 2.52 bits per heavy atom. The highest BCUT2D eigenvalue weighted by atomic mass is 32.2. The third kappa shape index (κ3) is 6.04. The van der Waals surface area contributed by atoms with E-state index in [9.17, 15) is 22.4 Å². The topological polar surface area (TPSA) is 85.0 Å². The van der Waals surface area contributed by atoms with E-state index in [1.165, 1.54) is 64.2 Å². The van der Waals surface area contributed by atoms with E-state index < -0.39 is 12.2 Å². The number of alkyl halides is 3. The molecule has 1 fully saturated rings. The van der Waals surface area contributed by atoms with Crippen LogP contribution in [0.1, 0.15) is 18.1 Å². The van der Waals surface area contributed by atoms with Crippen molar-refractivity contribution in [3.05, 3.63) is 90.0 Å². The van der Waals surface area contributed by atoms with Crippen molar-refractivity contribution in [2.45, 2.75) is 19.7 Å².